The van der Waals surface area contributed by atoms with E-state index in [-0.39, 0.29) is 0 Å². The van der Waals surface area contributed by atoms with Crippen LogP contribution in [-0.4, -0.2) is 18.6 Å². The van der Waals surface area contributed by atoms with Gasteiger partial charge in [-0.15, -0.1) is 0 Å². The number of nitrogens with one attached hydrogen (secondary N) is 1. The van der Waals surface area contributed by atoms with Gasteiger partial charge in [-0.25, -0.2) is 4.99 Å². The number of nitrogens with zero attached hydrogens (tertiary/aromatic N) is 1. The lowest BCUT2D eigenvalue weighted by Gasteiger charge is -2.17. The topological polar surface area (TPSA) is 59.6 Å². The molecule has 23 heavy (non-hydrogen) atoms. The third-order valence-electron chi connectivity index (χ3n) is 4.77. The minimum atomic E-state index is 0.489. The van der Waals surface area contributed by atoms with Crippen LogP contribution < -0.4 is 15.8 Å². The highest BCUT2D eigenvalue weighted by Gasteiger charge is 2.22. The number of hydrogen-bond donors (Lipinski definition) is 2. The smallest absolute Gasteiger partial charge is 0.189 e. The molecule has 2 aliphatic rings. The Kier molecular flexibility index (Phi) is 5.78. The van der Waals surface area contributed by atoms with E-state index in [0.717, 1.165) is 23.8 Å². The van der Waals surface area contributed by atoms with Gasteiger partial charge in [-0.05, 0) is 37.7 Å². The van der Waals surface area contributed by atoms with Crippen LogP contribution in [0.2, 0.25) is 0 Å². The number of rotatable bonds is 6. The van der Waals surface area contributed by atoms with Crippen molar-refractivity contribution in [1.29, 1.82) is 0 Å². The second-order valence-electron chi connectivity index (χ2n) is 6.90. The zero-order valence-electron chi connectivity index (χ0n) is 14.0. The standard InChI is InChI=1S/C19H29N3O/c20-19(22-17-8-3-1-2-4-9-17)21-13-16-7-5-6-10-18(16)23-14-15-11-12-15/h5-7,10,15,17H,1-4,8-9,11-14H2,(H3,20,21,22). The number of aliphatic imine (C=N–C) groups is 1. The first-order valence-corrected chi connectivity index (χ1v) is 9.08. The first-order valence-electron chi connectivity index (χ1n) is 9.08. The highest BCUT2D eigenvalue weighted by Crippen LogP contribution is 2.30. The Morgan fingerprint density at radius 2 is 1.83 bits per heavy atom. The van der Waals surface area contributed by atoms with Crippen molar-refractivity contribution in [3.63, 3.8) is 0 Å². The summed E-state index contributed by atoms with van der Waals surface area (Å²) in [5.74, 6) is 2.27. The molecule has 0 heterocycles. The van der Waals surface area contributed by atoms with Crippen LogP contribution in [0.15, 0.2) is 29.3 Å². The second kappa shape index (κ2) is 8.23. The average molecular weight is 315 g/mol. The molecule has 0 radical (unpaired) electrons. The molecule has 0 amide bonds. The Morgan fingerprint density at radius 1 is 1.09 bits per heavy atom. The quantitative estimate of drug-likeness (QED) is 0.479. The summed E-state index contributed by atoms with van der Waals surface area (Å²) in [6.45, 7) is 1.41. The summed E-state index contributed by atoms with van der Waals surface area (Å²) in [5.41, 5.74) is 7.19. The van der Waals surface area contributed by atoms with Crippen molar-refractivity contribution in [2.45, 2.75) is 64.0 Å². The molecule has 0 unspecified atom stereocenters. The molecule has 0 atom stereocenters. The minimum absolute atomic E-state index is 0.489. The van der Waals surface area contributed by atoms with Gasteiger partial charge in [0.25, 0.3) is 0 Å². The number of para-hydroxylation sites is 1. The van der Waals surface area contributed by atoms with Crippen molar-refractivity contribution in [3.05, 3.63) is 29.8 Å². The lowest BCUT2D eigenvalue weighted by molar-refractivity contribution is 0.297. The molecule has 3 rings (SSSR count). The van der Waals surface area contributed by atoms with E-state index in [0.29, 0.717) is 18.5 Å². The van der Waals surface area contributed by atoms with Crippen molar-refractivity contribution in [2.75, 3.05) is 6.61 Å². The molecule has 1 aromatic carbocycles. The highest BCUT2D eigenvalue weighted by molar-refractivity contribution is 5.78. The molecule has 0 spiro atoms. The van der Waals surface area contributed by atoms with Crippen LogP contribution in [0.5, 0.6) is 5.75 Å². The molecule has 0 saturated heterocycles. The first-order chi connectivity index (χ1) is 11.3. The van der Waals surface area contributed by atoms with Crippen LogP contribution in [0.1, 0.15) is 56.9 Å². The SMILES string of the molecule is NC(=NCc1ccccc1OCC1CC1)NC1CCCCCC1. The summed E-state index contributed by atoms with van der Waals surface area (Å²) in [6.07, 6.45) is 10.3. The fourth-order valence-corrected chi connectivity index (χ4v) is 3.12. The van der Waals surface area contributed by atoms with Crippen LogP contribution >= 0.6 is 0 Å². The molecule has 126 valence electrons. The fraction of sp³-hybridized carbons (Fsp3) is 0.632. The second-order valence-corrected chi connectivity index (χ2v) is 6.90. The van der Waals surface area contributed by atoms with Gasteiger partial charge in [-0.2, -0.15) is 0 Å². The fourth-order valence-electron chi connectivity index (χ4n) is 3.12. The van der Waals surface area contributed by atoms with Crippen LogP contribution in [0, 0.1) is 5.92 Å². The van der Waals surface area contributed by atoms with Crippen LogP contribution in [-0.2, 0) is 6.54 Å². The molecule has 4 nitrogen and oxygen atoms in total. The Morgan fingerprint density at radius 3 is 2.57 bits per heavy atom. The summed E-state index contributed by atoms with van der Waals surface area (Å²) < 4.78 is 5.93. The monoisotopic (exact) mass is 315 g/mol. The third-order valence-corrected chi connectivity index (χ3v) is 4.77. The first kappa shape index (κ1) is 16.2. The van der Waals surface area contributed by atoms with E-state index < -0.39 is 0 Å². The molecule has 0 bridgehead atoms. The van der Waals surface area contributed by atoms with Gasteiger partial charge >= 0.3 is 0 Å². The Hall–Kier alpha value is -1.71. The molecule has 2 aliphatic carbocycles. The Bertz CT molecular complexity index is 517. The average Bonchev–Trinajstić information content (AvgIpc) is 3.39. The normalized spacial score (nSPS) is 20.1. The summed E-state index contributed by atoms with van der Waals surface area (Å²) in [5, 5.41) is 3.40. The number of guanidine groups is 1. The van der Waals surface area contributed by atoms with E-state index in [4.69, 9.17) is 10.5 Å². The van der Waals surface area contributed by atoms with E-state index in [1.807, 2.05) is 18.2 Å². The molecular formula is C19H29N3O. The molecule has 0 aromatic heterocycles. The predicted molar refractivity (Wildman–Crippen MR) is 94.6 cm³/mol. The number of hydrogen-bond acceptors (Lipinski definition) is 2. The van der Waals surface area contributed by atoms with E-state index in [2.05, 4.69) is 16.4 Å². The van der Waals surface area contributed by atoms with Crippen molar-refractivity contribution in [2.24, 2.45) is 16.6 Å². The van der Waals surface area contributed by atoms with Gasteiger partial charge in [0.15, 0.2) is 5.96 Å². The van der Waals surface area contributed by atoms with Crippen molar-refractivity contribution in [1.82, 2.24) is 5.32 Å². The van der Waals surface area contributed by atoms with Gasteiger partial charge in [-0.3, -0.25) is 0 Å². The van der Waals surface area contributed by atoms with Gasteiger partial charge < -0.3 is 15.8 Å². The van der Waals surface area contributed by atoms with E-state index in [9.17, 15) is 0 Å². The molecule has 2 fully saturated rings. The van der Waals surface area contributed by atoms with Gasteiger partial charge in [0, 0.05) is 11.6 Å². The lowest BCUT2D eigenvalue weighted by atomic mass is 10.1. The number of nitrogens with two attached hydrogens (primary N) is 1. The molecule has 0 aliphatic heterocycles. The maximum Gasteiger partial charge on any atom is 0.189 e. The molecular weight excluding hydrogens is 286 g/mol. The maximum atomic E-state index is 6.08. The van der Waals surface area contributed by atoms with Crippen molar-refractivity contribution in [3.8, 4) is 5.75 Å². The number of benzene rings is 1. The van der Waals surface area contributed by atoms with Gasteiger partial charge in [0.05, 0.1) is 13.2 Å². The van der Waals surface area contributed by atoms with E-state index >= 15 is 0 Å². The molecule has 4 heteroatoms. The lowest BCUT2D eigenvalue weighted by Crippen LogP contribution is -2.39. The van der Waals surface area contributed by atoms with Gasteiger partial charge in [-0.1, -0.05) is 43.9 Å². The molecule has 3 N–H and O–H groups in total. The van der Waals surface area contributed by atoms with Crippen LogP contribution in [0.25, 0.3) is 0 Å². The summed E-state index contributed by atoms with van der Waals surface area (Å²) in [4.78, 5) is 4.53. The van der Waals surface area contributed by atoms with E-state index in [1.165, 1.54) is 51.4 Å². The number of ether oxygens (including phenoxy) is 1. The third kappa shape index (κ3) is 5.45. The predicted octanol–water partition coefficient (Wildman–Crippen LogP) is 3.60. The maximum absolute atomic E-state index is 6.08. The summed E-state index contributed by atoms with van der Waals surface area (Å²) in [7, 11) is 0. The molecule has 1 aromatic rings. The van der Waals surface area contributed by atoms with Gasteiger partial charge in [0.2, 0.25) is 0 Å². The van der Waals surface area contributed by atoms with Crippen LogP contribution in [0.4, 0.5) is 0 Å². The zero-order chi connectivity index (χ0) is 15.9. The Labute approximate surface area is 139 Å². The summed E-state index contributed by atoms with van der Waals surface area (Å²) in [6, 6.07) is 8.64. The highest BCUT2D eigenvalue weighted by atomic mass is 16.5. The Balaban J connectivity index is 1.53. The zero-order valence-corrected chi connectivity index (χ0v) is 14.0. The largest absolute Gasteiger partial charge is 0.493 e. The minimum Gasteiger partial charge on any atom is -0.493 e. The van der Waals surface area contributed by atoms with Crippen molar-refractivity contribution >= 4 is 5.96 Å². The van der Waals surface area contributed by atoms with Crippen molar-refractivity contribution < 1.29 is 4.74 Å². The molecule has 2 saturated carbocycles. The van der Waals surface area contributed by atoms with Gasteiger partial charge in [0.1, 0.15) is 5.75 Å². The van der Waals surface area contributed by atoms with E-state index in [1.54, 1.807) is 0 Å². The summed E-state index contributed by atoms with van der Waals surface area (Å²) >= 11 is 0. The van der Waals surface area contributed by atoms with Crippen LogP contribution in [0.3, 0.4) is 0 Å².